The lowest BCUT2D eigenvalue weighted by atomic mass is 10.1. The van der Waals surface area contributed by atoms with Gasteiger partial charge in [-0.3, -0.25) is 0 Å². The fourth-order valence-electron chi connectivity index (χ4n) is 1.26. The van der Waals surface area contributed by atoms with Gasteiger partial charge in [-0.05, 0) is 38.1 Å². The number of hydrogen-bond donors (Lipinski definition) is 2. The third kappa shape index (κ3) is 6.23. The van der Waals surface area contributed by atoms with Gasteiger partial charge in [0.1, 0.15) is 12.4 Å². The normalized spacial score (nSPS) is 12.3. The van der Waals surface area contributed by atoms with Gasteiger partial charge < -0.3 is 15.2 Å². The van der Waals surface area contributed by atoms with Gasteiger partial charge in [-0.1, -0.05) is 0 Å². The van der Waals surface area contributed by atoms with Crippen molar-refractivity contribution in [2.75, 3.05) is 31.7 Å². The molecule has 0 heterocycles. The minimum absolute atomic E-state index is 0.0761. The number of nitrogens with two attached hydrogens (primary N) is 1. The van der Waals surface area contributed by atoms with Crippen molar-refractivity contribution in [3.05, 3.63) is 24.3 Å². The molecule has 0 aliphatic rings. The van der Waals surface area contributed by atoms with Gasteiger partial charge in [-0.2, -0.15) is 0 Å². The topological polar surface area (TPSA) is 90.6 Å². The van der Waals surface area contributed by atoms with Crippen LogP contribution in [0.25, 0.3) is 0 Å². The number of sulfonamides is 1. The zero-order valence-electron chi connectivity index (χ0n) is 12.0. The van der Waals surface area contributed by atoms with Gasteiger partial charge in [-0.25, -0.2) is 13.1 Å². The van der Waals surface area contributed by atoms with E-state index in [1.54, 1.807) is 45.2 Å². The predicted molar refractivity (Wildman–Crippen MR) is 79.2 cm³/mol. The van der Waals surface area contributed by atoms with E-state index in [-0.39, 0.29) is 18.9 Å². The molecular weight excluding hydrogens is 280 g/mol. The molecule has 0 aromatic heterocycles. The summed E-state index contributed by atoms with van der Waals surface area (Å²) in [5, 5.41) is 0. The van der Waals surface area contributed by atoms with Crippen LogP contribution in [0.2, 0.25) is 0 Å². The van der Waals surface area contributed by atoms with Crippen molar-refractivity contribution in [3.63, 3.8) is 0 Å². The molecule has 0 radical (unpaired) electrons. The summed E-state index contributed by atoms with van der Waals surface area (Å²) in [5.74, 6) is 0.476. The largest absolute Gasteiger partial charge is 0.492 e. The SMILES string of the molecule is COC(C)(C)CNS(=O)(=O)CCOc1ccc(N)cc1. The Morgan fingerprint density at radius 3 is 2.40 bits per heavy atom. The van der Waals surface area contributed by atoms with Crippen molar-refractivity contribution >= 4 is 15.7 Å². The molecule has 20 heavy (non-hydrogen) atoms. The second kappa shape index (κ2) is 6.92. The first-order valence-electron chi connectivity index (χ1n) is 6.25. The maximum Gasteiger partial charge on any atom is 0.215 e. The molecule has 0 atom stereocenters. The number of nitrogens with one attached hydrogen (secondary N) is 1. The van der Waals surface area contributed by atoms with E-state index in [0.717, 1.165) is 0 Å². The van der Waals surface area contributed by atoms with E-state index >= 15 is 0 Å². The Balaban J connectivity index is 2.38. The molecule has 0 saturated heterocycles. The predicted octanol–water partition coefficient (Wildman–Crippen LogP) is 0.992. The van der Waals surface area contributed by atoms with Gasteiger partial charge in [0.25, 0.3) is 0 Å². The van der Waals surface area contributed by atoms with E-state index in [9.17, 15) is 8.42 Å². The highest BCUT2D eigenvalue weighted by molar-refractivity contribution is 7.89. The van der Waals surface area contributed by atoms with Gasteiger partial charge in [0.05, 0.1) is 11.4 Å². The molecule has 1 aromatic rings. The lowest BCUT2D eigenvalue weighted by Crippen LogP contribution is -2.41. The molecule has 0 bridgehead atoms. The highest BCUT2D eigenvalue weighted by Gasteiger charge is 2.20. The molecule has 0 aliphatic heterocycles. The fourth-order valence-corrected chi connectivity index (χ4v) is 2.28. The van der Waals surface area contributed by atoms with Crippen LogP contribution in [0, 0.1) is 0 Å². The molecule has 7 heteroatoms. The molecule has 0 spiro atoms. The Hall–Kier alpha value is -1.31. The van der Waals surface area contributed by atoms with Crippen molar-refractivity contribution in [1.29, 1.82) is 0 Å². The zero-order chi connectivity index (χ0) is 15.2. The molecule has 0 saturated carbocycles. The van der Waals surface area contributed by atoms with Crippen molar-refractivity contribution in [1.82, 2.24) is 4.72 Å². The first-order valence-corrected chi connectivity index (χ1v) is 7.90. The molecule has 3 N–H and O–H groups in total. The van der Waals surface area contributed by atoms with Gasteiger partial charge >= 0.3 is 0 Å². The average molecular weight is 302 g/mol. The maximum atomic E-state index is 11.8. The van der Waals surface area contributed by atoms with Crippen molar-refractivity contribution in [2.45, 2.75) is 19.4 Å². The lowest BCUT2D eigenvalue weighted by Gasteiger charge is -2.23. The van der Waals surface area contributed by atoms with Gasteiger partial charge in [0.2, 0.25) is 10.0 Å². The standard InChI is InChI=1S/C13H22N2O4S/c1-13(2,18-3)10-15-20(16,17)9-8-19-12-6-4-11(14)5-7-12/h4-7,15H,8-10,14H2,1-3H3. The molecular formula is C13H22N2O4S. The van der Waals surface area contributed by atoms with Gasteiger partial charge in [-0.15, -0.1) is 0 Å². The molecule has 0 amide bonds. The van der Waals surface area contributed by atoms with E-state index in [1.165, 1.54) is 0 Å². The number of benzene rings is 1. The van der Waals surface area contributed by atoms with Crippen LogP contribution in [0.15, 0.2) is 24.3 Å². The number of ether oxygens (including phenoxy) is 2. The summed E-state index contributed by atoms with van der Waals surface area (Å²) in [5.41, 5.74) is 5.64. The number of anilines is 1. The Kier molecular flexibility index (Phi) is 5.79. The molecule has 0 unspecified atom stereocenters. The third-order valence-electron chi connectivity index (χ3n) is 2.77. The number of nitrogen functional groups attached to an aromatic ring is 1. The van der Waals surface area contributed by atoms with Crippen LogP contribution in [-0.4, -0.2) is 40.0 Å². The lowest BCUT2D eigenvalue weighted by molar-refractivity contribution is 0.0276. The van der Waals surface area contributed by atoms with Crippen LogP contribution in [0.4, 0.5) is 5.69 Å². The molecule has 0 aliphatic carbocycles. The van der Waals surface area contributed by atoms with E-state index in [0.29, 0.717) is 11.4 Å². The summed E-state index contributed by atoms with van der Waals surface area (Å²) in [7, 11) is -1.84. The Labute approximate surface area is 120 Å². The van der Waals surface area contributed by atoms with Crippen molar-refractivity contribution in [3.8, 4) is 5.75 Å². The fraction of sp³-hybridized carbons (Fsp3) is 0.538. The summed E-state index contributed by atoms with van der Waals surface area (Å²) < 4.78 is 36.5. The molecule has 6 nitrogen and oxygen atoms in total. The quantitative estimate of drug-likeness (QED) is 0.699. The first-order chi connectivity index (χ1) is 9.24. The van der Waals surface area contributed by atoms with Crippen LogP contribution in [0.1, 0.15) is 13.8 Å². The maximum absolute atomic E-state index is 11.8. The summed E-state index contributed by atoms with van der Waals surface area (Å²) in [6.07, 6.45) is 0. The van der Waals surface area contributed by atoms with Crippen LogP contribution in [0.3, 0.4) is 0 Å². The number of hydrogen-bond acceptors (Lipinski definition) is 5. The minimum atomic E-state index is -3.38. The van der Waals surface area contributed by atoms with Crippen LogP contribution in [-0.2, 0) is 14.8 Å². The van der Waals surface area contributed by atoms with Crippen molar-refractivity contribution in [2.24, 2.45) is 0 Å². The third-order valence-corrected chi connectivity index (χ3v) is 4.06. The smallest absolute Gasteiger partial charge is 0.215 e. The zero-order valence-corrected chi connectivity index (χ0v) is 12.9. The van der Waals surface area contributed by atoms with Crippen LogP contribution >= 0.6 is 0 Å². The highest BCUT2D eigenvalue weighted by Crippen LogP contribution is 2.13. The monoisotopic (exact) mass is 302 g/mol. The summed E-state index contributed by atoms with van der Waals surface area (Å²) in [6, 6.07) is 6.79. The summed E-state index contributed by atoms with van der Waals surface area (Å²) in [6.45, 7) is 3.90. The minimum Gasteiger partial charge on any atom is -0.492 e. The van der Waals surface area contributed by atoms with Gasteiger partial charge in [0, 0.05) is 19.3 Å². The van der Waals surface area contributed by atoms with E-state index in [2.05, 4.69) is 4.72 Å². The van der Waals surface area contributed by atoms with E-state index < -0.39 is 15.6 Å². The first kappa shape index (κ1) is 16.7. The number of methoxy groups -OCH3 is 1. The summed E-state index contributed by atoms with van der Waals surface area (Å²) >= 11 is 0. The van der Waals surface area contributed by atoms with Crippen molar-refractivity contribution < 1.29 is 17.9 Å². The van der Waals surface area contributed by atoms with E-state index in [1.807, 2.05) is 0 Å². The molecule has 1 rings (SSSR count). The molecule has 1 aromatic carbocycles. The molecule has 0 fully saturated rings. The van der Waals surface area contributed by atoms with Gasteiger partial charge in [0.15, 0.2) is 0 Å². The second-order valence-electron chi connectivity index (χ2n) is 5.02. The Morgan fingerprint density at radius 2 is 1.85 bits per heavy atom. The highest BCUT2D eigenvalue weighted by atomic mass is 32.2. The molecule has 114 valence electrons. The average Bonchev–Trinajstić information content (AvgIpc) is 2.39. The Bertz CT molecular complexity index is 512. The number of rotatable bonds is 8. The second-order valence-corrected chi connectivity index (χ2v) is 6.95. The summed E-state index contributed by atoms with van der Waals surface area (Å²) in [4.78, 5) is 0. The van der Waals surface area contributed by atoms with Crippen LogP contribution < -0.4 is 15.2 Å². The van der Waals surface area contributed by atoms with E-state index in [4.69, 9.17) is 15.2 Å². The van der Waals surface area contributed by atoms with Crippen LogP contribution in [0.5, 0.6) is 5.75 Å². The Morgan fingerprint density at radius 1 is 1.25 bits per heavy atom.